The summed E-state index contributed by atoms with van der Waals surface area (Å²) in [6.45, 7) is 0. The number of rotatable bonds is 0. The first-order valence-corrected chi connectivity index (χ1v) is 7.58. The highest BCUT2D eigenvalue weighted by atomic mass is 16.2. The Bertz CT molecular complexity index is 618. The van der Waals surface area contributed by atoms with Crippen LogP contribution < -0.4 is 11.4 Å². The van der Waals surface area contributed by atoms with E-state index in [0.717, 1.165) is 18.3 Å². The van der Waals surface area contributed by atoms with Crippen molar-refractivity contribution in [1.29, 1.82) is 0 Å². The van der Waals surface area contributed by atoms with Crippen molar-refractivity contribution in [3.8, 4) is 0 Å². The third-order valence-electron chi connectivity index (χ3n) is 6.55. The van der Waals surface area contributed by atoms with Crippen molar-refractivity contribution in [3.05, 3.63) is 21.0 Å². The van der Waals surface area contributed by atoms with Crippen LogP contribution in [0.2, 0.25) is 0 Å². The van der Waals surface area contributed by atoms with E-state index in [1.54, 1.807) is 16.4 Å². The summed E-state index contributed by atoms with van der Waals surface area (Å²) in [6.07, 6.45) is 6.43. The van der Waals surface area contributed by atoms with Crippen molar-refractivity contribution in [2.24, 2.45) is 30.7 Å². The van der Waals surface area contributed by atoms with E-state index in [4.69, 9.17) is 0 Å². The second kappa shape index (κ2) is 3.07. The highest BCUT2D eigenvalue weighted by Gasteiger charge is 2.60. The molecule has 4 bridgehead atoms. The Morgan fingerprint density at radius 1 is 0.842 bits per heavy atom. The Labute approximate surface area is 110 Å². The summed E-state index contributed by atoms with van der Waals surface area (Å²) >= 11 is 0. The van der Waals surface area contributed by atoms with Crippen molar-refractivity contribution >= 4 is 0 Å². The number of fused-ring (bicyclic) bond motifs is 7. The zero-order chi connectivity index (χ0) is 12.9. The van der Waals surface area contributed by atoms with Crippen LogP contribution >= 0.6 is 0 Å². The van der Waals surface area contributed by atoms with E-state index < -0.39 is 0 Å². The molecule has 4 saturated carbocycles. The van der Waals surface area contributed by atoms with Crippen molar-refractivity contribution in [2.75, 3.05) is 0 Å². The van der Waals surface area contributed by atoms with Crippen LogP contribution in [0.4, 0.5) is 0 Å². The number of aromatic nitrogens is 3. The van der Waals surface area contributed by atoms with Crippen molar-refractivity contribution in [2.45, 2.75) is 44.2 Å². The largest absolute Gasteiger partial charge is 0.347 e. The molecular formula is C14H19N3O2. The molecule has 1 aromatic rings. The molecule has 0 amide bonds. The topological polar surface area (TPSA) is 48.9 Å². The normalized spacial score (nSPS) is 45.5. The quantitative estimate of drug-likeness (QED) is 0.696. The molecule has 1 aliphatic heterocycles. The highest BCUT2D eigenvalue weighted by Crippen LogP contribution is 2.64. The second-order valence-electron chi connectivity index (χ2n) is 7.01. The van der Waals surface area contributed by atoms with Crippen LogP contribution in [0, 0.1) is 23.7 Å². The number of nitrogens with zero attached hydrogens (tertiary/aromatic N) is 3. The van der Waals surface area contributed by atoms with E-state index in [1.807, 2.05) is 0 Å². The molecule has 0 spiro atoms. The SMILES string of the molecule is Cn1c(=O)n2n(c1=O)[C@H]1C[C@H]2[C@H]2C3CCC(CC3)[C@@H]21. The van der Waals surface area contributed by atoms with Gasteiger partial charge in [0, 0.05) is 7.05 Å². The first-order chi connectivity index (χ1) is 9.18. The minimum atomic E-state index is -0.0996. The molecule has 0 aromatic carbocycles. The summed E-state index contributed by atoms with van der Waals surface area (Å²) < 4.78 is 4.89. The predicted molar refractivity (Wildman–Crippen MR) is 69.1 cm³/mol. The standard InChI is InChI=1S/C14H19N3O2/c1-15-13(18)16-9-6-10(17(16)14(15)19)12-8-3-2-7(4-5-8)11(9)12/h7-12H,2-6H2,1H3/t7?,8?,9-,10-,11+,12+/m0/s1. The van der Waals surface area contributed by atoms with E-state index in [1.165, 1.54) is 30.3 Å². The van der Waals surface area contributed by atoms with Gasteiger partial charge in [0.15, 0.2) is 0 Å². The average molecular weight is 261 g/mol. The molecule has 0 N–H and O–H groups in total. The van der Waals surface area contributed by atoms with Gasteiger partial charge < -0.3 is 0 Å². The third kappa shape index (κ3) is 0.986. The van der Waals surface area contributed by atoms with Gasteiger partial charge in [0.2, 0.25) is 0 Å². The van der Waals surface area contributed by atoms with Crippen molar-refractivity contribution in [1.82, 2.24) is 13.9 Å². The van der Waals surface area contributed by atoms with E-state index in [2.05, 4.69) is 0 Å². The second-order valence-corrected chi connectivity index (χ2v) is 7.01. The van der Waals surface area contributed by atoms with Crippen LogP contribution in [0.5, 0.6) is 0 Å². The molecule has 4 fully saturated rings. The lowest BCUT2D eigenvalue weighted by atomic mass is 9.58. The van der Waals surface area contributed by atoms with Gasteiger partial charge in [0.25, 0.3) is 0 Å². The van der Waals surface area contributed by atoms with Crippen LogP contribution in [0.1, 0.15) is 44.2 Å². The molecule has 5 aliphatic rings. The molecule has 5 nitrogen and oxygen atoms in total. The fourth-order valence-corrected chi connectivity index (χ4v) is 5.95. The lowest BCUT2D eigenvalue weighted by Crippen LogP contribution is -2.48. The first kappa shape index (κ1) is 10.5. The molecule has 0 radical (unpaired) electrons. The van der Waals surface area contributed by atoms with E-state index in [9.17, 15) is 9.59 Å². The van der Waals surface area contributed by atoms with Gasteiger partial charge in [-0.05, 0) is 55.8 Å². The molecule has 1 aromatic heterocycles. The molecule has 4 atom stereocenters. The molecule has 5 heteroatoms. The van der Waals surface area contributed by atoms with Crippen LogP contribution in [0.3, 0.4) is 0 Å². The number of hydrogen-bond donors (Lipinski definition) is 0. The van der Waals surface area contributed by atoms with Crippen molar-refractivity contribution in [3.63, 3.8) is 0 Å². The minimum Gasteiger partial charge on any atom is -0.246 e. The van der Waals surface area contributed by atoms with E-state index in [-0.39, 0.29) is 11.4 Å². The van der Waals surface area contributed by atoms with Crippen LogP contribution in [-0.4, -0.2) is 13.9 Å². The maximum atomic E-state index is 12.3. The first-order valence-electron chi connectivity index (χ1n) is 7.58. The van der Waals surface area contributed by atoms with Gasteiger partial charge in [-0.1, -0.05) is 0 Å². The van der Waals surface area contributed by atoms with Crippen LogP contribution in [-0.2, 0) is 7.05 Å². The molecule has 4 aliphatic carbocycles. The Hall–Kier alpha value is -1.26. The molecule has 6 rings (SSSR count). The van der Waals surface area contributed by atoms with Gasteiger partial charge >= 0.3 is 11.4 Å². The summed E-state index contributed by atoms with van der Waals surface area (Å²) in [5.41, 5.74) is -0.199. The molecule has 2 heterocycles. The molecule has 0 saturated heterocycles. The molecule has 19 heavy (non-hydrogen) atoms. The summed E-state index contributed by atoms with van der Waals surface area (Å²) in [5.74, 6) is 2.97. The lowest BCUT2D eigenvalue weighted by molar-refractivity contribution is -0.0164. The summed E-state index contributed by atoms with van der Waals surface area (Å²) in [6, 6.07) is 0.619. The molecule has 0 unspecified atom stereocenters. The van der Waals surface area contributed by atoms with Crippen molar-refractivity contribution < 1.29 is 0 Å². The fraction of sp³-hybridized carbons (Fsp3) is 0.857. The smallest absolute Gasteiger partial charge is 0.246 e. The summed E-state index contributed by atoms with van der Waals surface area (Å²) in [7, 11) is 1.61. The Balaban J connectivity index is 1.76. The van der Waals surface area contributed by atoms with E-state index >= 15 is 0 Å². The number of hydrogen-bond acceptors (Lipinski definition) is 2. The van der Waals surface area contributed by atoms with Gasteiger partial charge in [-0.3, -0.25) is 0 Å². The average Bonchev–Trinajstić information content (AvgIpc) is 3.09. The molecule has 102 valence electrons. The molecular weight excluding hydrogens is 242 g/mol. The Kier molecular flexibility index (Phi) is 1.70. The van der Waals surface area contributed by atoms with Gasteiger partial charge in [-0.15, -0.1) is 0 Å². The van der Waals surface area contributed by atoms with E-state index in [0.29, 0.717) is 23.9 Å². The third-order valence-corrected chi connectivity index (χ3v) is 6.55. The fourth-order valence-electron chi connectivity index (χ4n) is 5.95. The summed E-state index contributed by atoms with van der Waals surface area (Å²) in [4.78, 5) is 24.5. The zero-order valence-electron chi connectivity index (χ0n) is 11.2. The lowest BCUT2D eigenvalue weighted by Gasteiger charge is -2.50. The predicted octanol–water partition coefficient (Wildman–Crippen LogP) is 0.900. The van der Waals surface area contributed by atoms with Gasteiger partial charge in [0.1, 0.15) is 0 Å². The van der Waals surface area contributed by atoms with Gasteiger partial charge in [0.05, 0.1) is 12.1 Å². The maximum Gasteiger partial charge on any atom is 0.347 e. The van der Waals surface area contributed by atoms with Crippen LogP contribution in [0.25, 0.3) is 0 Å². The highest BCUT2D eigenvalue weighted by molar-refractivity contribution is 5.10. The van der Waals surface area contributed by atoms with Crippen LogP contribution in [0.15, 0.2) is 9.59 Å². The zero-order valence-corrected chi connectivity index (χ0v) is 11.2. The summed E-state index contributed by atoms with van der Waals surface area (Å²) in [5, 5.41) is 0. The Morgan fingerprint density at radius 2 is 1.26 bits per heavy atom. The monoisotopic (exact) mass is 261 g/mol. The van der Waals surface area contributed by atoms with Gasteiger partial charge in [-0.2, -0.15) is 0 Å². The van der Waals surface area contributed by atoms with Gasteiger partial charge in [-0.25, -0.2) is 23.5 Å². The Morgan fingerprint density at radius 3 is 1.68 bits per heavy atom. The minimum absolute atomic E-state index is 0.0996. The maximum absolute atomic E-state index is 12.3.